The van der Waals surface area contributed by atoms with Gasteiger partial charge in [0.25, 0.3) is 0 Å². The van der Waals surface area contributed by atoms with Gasteiger partial charge in [-0.3, -0.25) is 0 Å². The molecule has 0 unspecified atom stereocenters. The Morgan fingerprint density at radius 1 is 1.13 bits per heavy atom. The maximum atomic E-state index is 12.2. The van der Waals surface area contributed by atoms with Crippen LogP contribution in [0.3, 0.4) is 0 Å². The SMILES string of the molecule is C[Si](C)(C)CCOCn1ccc2c(-c3ccc4c(c3)OCO4)nc(S(C)(=O)=O)nc21. The first-order chi connectivity index (χ1) is 14.1. The van der Waals surface area contributed by atoms with Crippen LogP contribution in [0.15, 0.2) is 35.6 Å². The van der Waals surface area contributed by atoms with E-state index in [2.05, 4.69) is 29.6 Å². The fourth-order valence-electron chi connectivity index (χ4n) is 3.12. The van der Waals surface area contributed by atoms with Gasteiger partial charge in [-0.2, -0.15) is 4.98 Å². The number of hydrogen-bond donors (Lipinski definition) is 0. The molecule has 30 heavy (non-hydrogen) atoms. The highest BCUT2D eigenvalue weighted by Crippen LogP contribution is 2.37. The zero-order chi connectivity index (χ0) is 21.5. The van der Waals surface area contributed by atoms with E-state index in [1.807, 2.05) is 22.9 Å². The lowest BCUT2D eigenvalue weighted by atomic mass is 10.1. The van der Waals surface area contributed by atoms with E-state index in [0.717, 1.165) is 23.2 Å². The van der Waals surface area contributed by atoms with Gasteiger partial charge in [0, 0.05) is 38.1 Å². The van der Waals surface area contributed by atoms with Crippen LogP contribution < -0.4 is 9.47 Å². The second kappa shape index (κ2) is 7.68. The summed E-state index contributed by atoms with van der Waals surface area (Å²) in [5, 5.41) is 0.528. The van der Waals surface area contributed by atoms with Gasteiger partial charge >= 0.3 is 0 Å². The molecule has 0 radical (unpaired) electrons. The molecule has 1 aliphatic heterocycles. The second-order valence-electron chi connectivity index (χ2n) is 8.57. The summed E-state index contributed by atoms with van der Waals surface area (Å²) < 4.78 is 43.0. The normalized spacial score (nSPS) is 13.9. The smallest absolute Gasteiger partial charge is 0.249 e. The van der Waals surface area contributed by atoms with E-state index < -0.39 is 17.9 Å². The summed E-state index contributed by atoms with van der Waals surface area (Å²) >= 11 is 0. The maximum Gasteiger partial charge on any atom is 0.249 e. The zero-order valence-corrected chi connectivity index (χ0v) is 19.3. The van der Waals surface area contributed by atoms with Crippen molar-refractivity contribution < 1.29 is 22.6 Å². The highest BCUT2D eigenvalue weighted by atomic mass is 32.2. The van der Waals surface area contributed by atoms with Crippen molar-refractivity contribution in [1.29, 1.82) is 0 Å². The molecule has 4 rings (SSSR count). The van der Waals surface area contributed by atoms with Crippen LogP contribution in [0.1, 0.15) is 0 Å². The van der Waals surface area contributed by atoms with E-state index in [4.69, 9.17) is 14.2 Å². The Morgan fingerprint density at radius 3 is 2.63 bits per heavy atom. The molecule has 0 spiro atoms. The quantitative estimate of drug-likeness (QED) is 0.311. The van der Waals surface area contributed by atoms with Gasteiger partial charge in [-0.05, 0) is 30.3 Å². The fourth-order valence-corrected chi connectivity index (χ4v) is 4.39. The summed E-state index contributed by atoms with van der Waals surface area (Å²) in [5.74, 6) is 1.26. The van der Waals surface area contributed by atoms with E-state index >= 15 is 0 Å². The van der Waals surface area contributed by atoms with Crippen molar-refractivity contribution in [3.05, 3.63) is 30.5 Å². The molecule has 3 aromatic rings. The minimum atomic E-state index is -3.60. The third-order valence-corrected chi connectivity index (χ3v) is 7.35. The molecule has 0 bridgehead atoms. The Balaban J connectivity index is 1.74. The predicted molar refractivity (Wildman–Crippen MR) is 116 cm³/mol. The number of hydrogen-bond acceptors (Lipinski definition) is 7. The van der Waals surface area contributed by atoms with Gasteiger partial charge in [0.1, 0.15) is 12.4 Å². The Hall–Kier alpha value is -2.43. The molecular weight excluding hydrogens is 422 g/mol. The average molecular weight is 448 g/mol. The number of nitrogens with zero attached hydrogens (tertiary/aromatic N) is 3. The summed E-state index contributed by atoms with van der Waals surface area (Å²) in [7, 11) is -4.79. The number of sulfone groups is 1. The van der Waals surface area contributed by atoms with Crippen LogP contribution in [0.5, 0.6) is 11.5 Å². The van der Waals surface area contributed by atoms with Crippen molar-refractivity contribution in [1.82, 2.24) is 14.5 Å². The maximum absolute atomic E-state index is 12.2. The Bertz CT molecular complexity index is 1200. The largest absolute Gasteiger partial charge is 0.454 e. The zero-order valence-electron chi connectivity index (χ0n) is 17.5. The molecule has 0 aliphatic carbocycles. The molecule has 0 amide bonds. The molecular formula is C20H25N3O5SSi. The fraction of sp³-hybridized carbons (Fsp3) is 0.400. The lowest BCUT2D eigenvalue weighted by Crippen LogP contribution is -2.22. The number of ether oxygens (including phenoxy) is 3. The molecule has 0 saturated heterocycles. The summed E-state index contributed by atoms with van der Waals surface area (Å²) in [6.07, 6.45) is 2.95. The van der Waals surface area contributed by atoms with Gasteiger partial charge in [0.05, 0.1) is 5.69 Å². The van der Waals surface area contributed by atoms with Crippen molar-refractivity contribution in [2.24, 2.45) is 0 Å². The van der Waals surface area contributed by atoms with Gasteiger partial charge in [-0.1, -0.05) is 19.6 Å². The van der Waals surface area contributed by atoms with Crippen molar-refractivity contribution in [3.63, 3.8) is 0 Å². The van der Waals surface area contributed by atoms with E-state index in [0.29, 0.717) is 36.2 Å². The van der Waals surface area contributed by atoms with Gasteiger partial charge in [-0.15, -0.1) is 0 Å². The molecule has 160 valence electrons. The standard InChI is InChI=1S/C20H25N3O5SSi/c1-29(24,25)20-21-18(14-5-6-16-17(11-14)28-13-27-16)15-7-8-23(19(15)22-20)12-26-9-10-30(2,3)4/h5-8,11H,9-10,12-13H2,1-4H3. The molecule has 10 heteroatoms. The first-order valence-corrected chi connectivity index (χ1v) is 15.3. The van der Waals surface area contributed by atoms with E-state index in [-0.39, 0.29) is 11.9 Å². The molecule has 1 aromatic carbocycles. The Kier molecular flexibility index (Phi) is 5.33. The summed E-state index contributed by atoms with van der Waals surface area (Å²) in [6, 6.07) is 8.37. The highest BCUT2D eigenvalue weighted by Gasteiger charge is 2.21. The third-order valence-electron chi connectivity index (χ3n) is 4.80. The second-order valence-corrected chi connectivity index (χ2v) is 16.1. The van der Waals surface area contributed by atoms with Crippen molar-refractivity contribution >= 4 is 28.9 Å². The van der Waals surface area contributed by atoms with Gasteiger partial charge in [0.2, 0.25) is 21.8 Å². The van der Waals surface area contributed by atoms with Crippen LogP contribution in [0, 0.1) is 0 Å². The molecule has 2 aromatic heterocycles. The topological polar surface area (TPSA) is 92.5 Å². The van der Waals surface area contributed by atoms with Crippen LogP contribution in [-0.2, 0) is 21.3 Å². The monoisotopic (exact) mass is 447 g/mol. The molecule has 0 atom stereocenters. The van der Waals surface area contributed by atoms with Crippen molar-refractivity contribution in [3.8, 4) is 22.8 Å². The summed E-state index contributed by atoms with van der Waals surface area (Å²) in [5.41, 5.74) is 1.78. The van der Waals surface area contributed by atoms with Crippen LogP contribution in [0.25, 0.3) is 22.3 Å². The molecule has 8 nitrogen and oxygen atoms in total. The van der Waals surface area contributed by atoms with Crippen LogP contribution in [-0.4, -0.2) is 50.7 Å². The Labute approximate surface area is 176 Å². The summed E-state index contributed by atoms with van der Waals surface area (Å²) in [4.78, 5) is 8.70. The lowest BCUT2D eigenvalue weighted by molar-refractivity contribution is 0.0898. The van der Waals surface area contributed by atoms with Crippen LogP contribution >= 0.6 is 0 Å². The van der Waals surface area contributed by atoms with E-state index in [9.17, 15) is 8.42 Å². The number of fused-ring (bicyclic) bond motifs is 2. The molecule has 0 saturated carbocycles. The number of rotatable bonds is 7. The van der Waals surface area contributed by atoms with E-state index in [1.54, 1.807) is 12.1 Å². The van der Waals surface area contributed by atoms with Gasteiger partial charge < -0.3 is 18.8 Å². The minimum absolute atomic E-state index is 0.164. The number of benzene rings is 1. The van der Waals surface area contributed by atoms with Gasteiger partial charge in [-0.25, -0.2) is 13.4 Å². The van der Waals surface area contributed by atoms with E-state index in [1.165, 1.54) is 0 Å². The number of aromatic nitrogens is 3. The van der Waals surface area contributed by atoms with Gasteiger partial charge in [0.15, 0.2) is 11.5 Å². The first-order valence-electron chi connectivity index (χ1n) is 9.66. The minimum Gasteiger partial charge on any atom is -0.454 e. The Morgan fingerprint density at radius 2 is 1.90 bits per heavy atom. The predicted octanol–water partition coefficient (Wildman–Crippen LogP) is 3.54. The van der Waals surface area contributed by atoms with Crippen molar-refractivity contribution in [2.75, 3.05) is 19.7 Å². The van der Waals surface area contributed by atoms with Crippen molar-refractivity contribution in [2.45, 2.75) is 37.6 Å². The third kappa shape index (κ3) is 4.35. The summed E-state index contributed by atoms with van der Waals surface area (Å²) in [6.45, 7) is 8.01. The molecule has 3 heterocycles. The molecule has 1 aliphatic rings. The molecule has 0 fully saturated rings. The average Bonchev–Trinajstić information content (AvgIpc) is 3.29. The lowest BCUT2D eigenvalue weighted by Gasteiger charge is -2.15. The van der Waals surface area contributed by atoms with Crippen LogP contribution in [0.4, 0.5) is 0 Å². The highest BCUT2D eigenvalue weighted by molar-refractivity contribution is 7.90. The van der Waals surface area contributed by atoms with Crippen LogP contribution in [0.2, 0.25) is 25.7 Å². The first kappa shape index (κ1) is 20.8. The molecule has 0 N–H and O–H groups in total.